The van der Waals surface area contributed by atoms with E-state index in [1.54, 1.807) is 12.5 Å². The fraction of sp³-hybridized carbons (Fsp3) is 0.400. The van der Waals surface area contributed by atoms with Gasteiger partial charge in [-0.15, -0.1) is 0 Å². The molecule has 6 rings (SSSR count). The molecule has 1 saturated heterocycles. The SMILES string of the molecule is CCc1[nH]c2nc(Oc3cnc4c(c3)ncn4C)nc(N3CC4C(N)C4C3)c2c1Cl. The summed E-state index contributed by atoms with van der Waals surface area (Å²) < 4.78 is 7.86. The third kappa shape index (κ3) is 2.58. The molecule has 2 unspecified atom stereocenters. The molecule has 4 aromatic heterocycles. The van der Waals surface area contributed by atoms with Gasteiger partial charge in [0.1, 0.15) is 17.0 Å². The Labute approximate surface area is 177 Å². The molecule has 0 radical (unpaired) electrons. The molecule has 5 heterocycles. The number of piperidine rings is 1. The predicted molar refractivity (Wildman–Crippen MR) is 114 cm³/mol. The molecule has 1 aliphatic carbocycles. The number of pyridine rings is 1. The molecule has 2 fully saturated rings. The molecule has 2 atom stereocenters. The summed E-state index contributed by atoms with van der Waals surface area (Å²) in [7, 11) is 1.90. The second-order valence-electron chi connectivity index (χ2n) is 8.11. The number of nitrogens with one attached hydrogen (secondary N) is 1. The standard InChI is InChI=1S/C20H21ClN8O/c1-3-12-15(21)14-17(25-12)26-20(27-19(14)29-6-10-11(7-29)16(10)22)30-9-4-13-18(23-5-9)28(2)8-24-13/h4-5,8,10-11,16H,3,6-7,22H2,1-2H3,(H,25,26,27). The number of hydrogen-bond donors (Lipinski definition) is 2. The average molecular weight is 425 g/mol. The summed E-state index contributed by atoms with van der Waals surface area (Å²) in [4.78, 5) is 23.7. The van der Waals surface area contributed by atoms with Gasteiger partial charge in [-0.25, -0.2) is 9.97 Å². The van der Waals surface area contributed by atoms with E-state index in [0.29, 0.717) is 34.3 Å². The second kappa shape index (κ2) is 6.29. The molecule has 1 saturated carbocycles. The predicted octanol–water partition coefficient (Wildman–Crippen LogP) is 2.64. The number of aromatic nitrogens is 6. The zero-order chi connectivity index (χ0) is 20.6. The topological polar surface area (TPSA) is 111 Å². The van der Waals surface area contributed by atoms with Gasteiger partial charge in [-0.1, -0.05) is 18.5 Å². The number of aryl methyl sites for hydroxylation is 2. The highest BCUT2D eigenvalue weighted by Gasteiger charge is 2.54. The number of aromatic amines is 1. The van der Waals surface area contributed by atoms with Crippen LogP contribution >= 0.6 is 11.6 Å². The van der Waals surface area contributed by atoms with Crippen LogP contribution in [-0.4, -0.2) is 48.6 Å². The van der Waals surface area contributed by atoms with Crippen LogP contribution in [0.5, 0.6) is 11.8 Å². The van der Waals surface area contributed by atoms with Gasteiger partial charge in [-0.2, -0.15) is 9.97 Å². The molecule has 3 N–H and O–H groups in total. The highest BCUT2D eigenvalue weighted by atomic mass is 35.5. The highest BCUT2D eigenvalue weighted by Crippen LogP contribution is 2.47. The number of fused-ring (bicyclic) bond motifs is 3. The molecular weight excluding hydrogens is 404 g/mol. The van der Waals surface area contributed by atoms with E-state index in [1.807, 2.05) is 17.7 Å². The van der Waals surface area contributed by atoms with E-state index >= 15 is 0 Å². The first-order chi connectivity index (χ1) is 14.5. The number of imidazole rings is 1. The first-order valence-corrected chi connectivity index (χ1v) is 10.4. The van der Waals surface area contributed by atoms with Crippen molar-refractivity contribution >= 4 is 39.6 Å². The van der Waals surface area contributed by atoms with Crippen LogP contribution in [0.4, 0.5) is 5.82 Å². The van der Waals surface area contributed by atoms with Gasteiger partial charge in [0.2, 0.25) is 0 Å². The molecule has 10 heteroatoms. The molecule has 154 valence electrons. The molecule has 0 bridgehead atoms. The summed E-state index contributed by atoms with van der Waals surface area (Å²) in [5.74, 6) is 2.38. The van der Waals surface area contributed by atoms with Crippen molar-refractivity contribution in [1.82, 2.24) is 29.5 Å². The van der Waals surface area contributed by atoms with Crippen LogP contribution in [0.25, 0.3) is 22.2 Å². The van der Waals surface area contributed by atoms with Gasteiger partial charge in [0, 0.05) is 37.9 Å². The lowest BCUT2D eigenvalue weighted by atomic mass is 10.2. The fourth-order valence-electron chi connectivity index (χ4n) is 4.49. The van der Waals surface area contributed by atoms with E-state index in [4.69, 9.17) is 27.1 Å². The Morgan fingerprint density at radius 1 is 1.27 bits per heavy atom. The molecule has 0 spiro atoms. The van der Waals surface area contributed by atoms with Crippen LogP contribution in [0.2, 0.25) is 5.02 Å². The second-order valence-corrected chi connectivity index (χ2v) is 8.48. The normalized spacial score (nSPS) is 22.8. The number of H-pyrrole nitrogens is 1. The van der Waals surface area contributed by atoms with Gasteiger partial charge < -0.3 is 24.9 Å². The van der Waals surface area contributed by atoms with Gasteiger partial charge in [-0.3, -0.25) is 0 Å². The van der Waals surface area contributed by atoms with Crippen LogP contribution in [-0.2, 0) is 13.5 Å². The zero-order valence-corrected chi connectivity index (χ0v) is 17.4. The van der Waals surface area contributed by atoms with Crippen molar-refractivity contribution in [2.45, 2.75) is 19.4 Å². The minimum Gasteiger partial charge on any atom is -0.422 e. The molecule has 0 aromatic carbocycles. The number of halogens is 1. The van der Waals surface area contributed by atoms with Crippen molar-refractivity contribution in [3.8, 4) is 11.8 Å². The fourth-order valence-corrected chi connectivity index (χ4v) is 4.85. The number of nitrogens with two attached hydrogens (primary N) is 1. The molecule has 2 aliphatic rings. The van der Waals surface area contributed by atoms with Crippen molar-refractivity contribution in [2.24, 2.45) is 24.6 Å². The van der Waals surface area contributed by atoms with E-state index < -0.39 is 0 Å². The summed E-state index contributed by atoms with van der Waals surface area (Å²) >= 11 is 6.67. The number of ether oxygens (including phenoxy) is 1. The average Bonchev–Trinajstić information content (AvgIpc) is 3.15. The maximum atomic E-state index is 6.67. The lowest BCUT2D eigenvalue weighted by Gasteiger charge is -2.21. The third-order valence-electron chi connectivity index (χ3n) is 6.27. The molecule has 1 aliphatic heterocycles. The smallest absolute Gasteiger partial charge is 0.326 e. The van der Waals surface area contributed by atoms with E-state index in [2.05, 4.69) is 31.8 Å². The third-order valence-corrected chi connectivity index (χ3v) is 6.69. The molecular formula is C20H21ClN8O. The molecule has 30 heavy (non-hydrogen) atoms. The first kappa shape index (κ1) is 17.9. The van der Waals surface area contributed by atoms with Gasteiger partial charge in [0.25, 0.3) is 0 Å². The van der Waals surface area contributed by atoms with E-state index in [9.17, 15) is 0 Å². The summed E-state index contributed by atoms with van der Waals surface area (Å²) in [5, 5.41) is 1.52. The monoisotopic (exact) mass is 424 g/mol. The van der Waals surface area contributed by atoms with Gasteiger partial charge in [0.15, 0.2) is 11.4 Å². The summed E-state index contributed by atoms with van der Waals surface area (Å²) in [6.07, 6.45) is 4.15. The van der Waals surface area contributed by atoms with Crippen LogP contribution < -0.4 is 15.4 Å². The van der Waals surface area contributed by atoms with Crippen molar-refractivity contribution in [3.63, 3.8) is 0 Å². The number of hydrogen-bond acceptors (Lipinski definition) is 7. The van der Waals surface area contributed by atoms with Crippen molar-refractivity contribution in [1.29, 1.82) is 0 Å². The largest absolute Gasteiger partial charge is 0.422 e. The zero-order valence-electron chi connectivity index (χ0n) is 16.6. The number of nitrogens with zero attached hydrogens (tertiary/aromatic N) is 6. The van der Waals surface area contributed by atoms with Crippen LogP contribution in [0.15, 0.2) is 18.6 Å². The summed E-state index contributed by atoms with van der Waals surface area (Å²) in [6, 6.07) is 2.39. The Morgan fingerprint density at radius 3 is 2.83 bits per heavy atom. The Balaban J connectivity index is 1.42. The van der Waals surface area contributed by atoms with Crippen molar-refractivity contribution < 1.29 is 4.74 Å². The lowest BCUT2D eigenvalue weighted by Crippen LogP contribution is -2.29. The van der Waals surface area contributed by atoms with Crippen LogP contribution in [0.3, 0.4) is 0 Å². The Hall–Kier alpha value is -2.91. The number of rotatable bonds is 4. The van der Waals surface area contributed by atoms with Crippen LogP contribution in [0, 0.1) is 11.8 Å². The van der Waals surface area contributed by atoms with E-state index in [-0.39, 0.29) is 6.01 Å². The van der Waals surface area contributed by atoms with Gasteiger partial charge in [-0.05, 0) is 18.3 Å². The molecule has 0 amide bonds. The van der Waals surface area contributed by atoms with Crippen molar-refractivity contribution in [3.05, 3.63) is 29.3 Å². The van der Waals surface area contributed by atoms with E-state index in [0.717, 1.165) is 47.6 Å². The molecule has 4 aromatic rings. The minimum atomic E-state index is 0.250. The van der Waals surface area contributed by atoms with E-state index in [1.165, 1.54) is 0 Å². The quantitative estimate of drug-likeness (QED) is 0.518. The van der Waals surface area contributed by atoms with Crippen molar-refractivity contribution in [2.75, 3.05) is 18.0 Å². The first-order valence-electron chi connectivity index (χ1n) is 10.1. The van der Waals surface area contributed by atoms with Crippen LogP contribution in [0.1, 0.15) is 12.6 Å². The molecule has 9 nitrogen and oxygen atoms in total. The Bertz CT molecular complexity index is 1290. The highest BCUT2D eigenvalue weighted by molar-refractivity contribution is 6.37. The lowest BCUT2D eigenvalue weighted by molar-refractivity contribution is 0.442. The Morgan fingerprint density at radius 2 is 2.07 bits per heavy atom. The van der Waals surface area contributed by atoms with Gasteiger partial charge in [0.05, 0.1) is 22.9 Å². The summed E-state index contributed by atoms with van der Waals surface area (Å²) in [5.41, 5.74) is 9.28. The summed E-state index contributed by atoms with van der Waals surface area (Å²) in [6.45, 7) is 3.81. The van der Waals surface area contributed by atoms with Gasteiger partial charge >= 0.3 is 6.01 Å². The Kier molecular flexibility index (Phi) is 3.76. The maximum Gasteiger partial charge on any atom is 0.326 e. The minimum absolute atomic E-state index is 0.250. The maximum absolute atomic E-state index is 6.67. The number of anilines is 1.